The first kappa shape index (κ1) is 19.2. The van der Waals surface area contributed by atoms with Crippen LogP contribution in [0.5, 0.6) is 0 Å². The standard InChI is InChI=1S/C19H27FN2O3/c1-3-5-16(15-6-8-17(20)9-7-15)14-18(23)21-10-12-22(13-11-21)19(24)25-4-2/h6-9,16H,3-5,10-14H2,1-2H3. The Kier molecular flexibility index (Phi) is 7.22. The molecule has 2 rings (SSSR count). The molecule has 1 aliphatic rings. The van der Waals surface area contributed by atoms with Gasteiger partial charge in [-0.25, -0.2) is 9.18 Å². The Bertz CT molecular complexity index is 569. The highest BCUT2D eigenvalue weighted by Crippen LogP contribution is 2.26. The topological polar surface area (TPSA) is 49.9 Å². The third-order valence-electron chi connectivity index (χ3n) is 4.56. The molecule has 1 heterocycles. The van der Waals surface area contributed by atoms with Crippen molar-refractivity contribution in [3.8, 4) is 0 Å². The molecule has 1 aromatic rings. The Balaban J connectivity index is 1.91. The SMILES string of the molecule is CCCC(CC(=O)N1CCN(C(=O)OCC)CC1)c1ccc(F)cc1. The lowest BCUT2D eigenvalue weighted by Crippen LogP contribution is -2.50. The average molecular weight is 350 g/mol. The Morgan fingerprint density at radius 1 is 1.08 bits per heavy atom. The summed E-state index contributed by atoms with van der Waals surface area (Å²) in [5, 5.41) is 0. The summed E-state index contributed by atoms with van der Waals surface area (Å²) in [4.78, 5) is 27.8. The van der Waals surface area contributed by atoms with Gasteiger partial charge in [0.25, 0.3) is 0 Å². The average Bonchev–Trinajstić information content (AvgIpc) is 2.62. The molecule has 2 amide bonds. The zero-order chi connectivity index (χ0) is 18.2. The minimum absolute atomic E-state index is 0.0892. The van der Waals surface area contributed by atoms with Crippen molar-refractivity contribution < 1.29 is 18.7 Å². The first-order valence-electron chi connectivity index (χ1n) is 9.00. The van der Waals surface area contributed by atoms with Crippen LogP contribution >= 0.6 is 0 Å². The van der Waals surface area contributed by atoms with Crippen LogP contribution in [0.3, 0.4) is 0 Å². The van der Waals surface area contributed by atoms with Crippen molar-refractivity contribution in [3.63, 3.8) is 0 Å². The summed E-state index contributed by atoms with van der Waals surface area (Å²) in [6.45, 7) is 6.27. The zero-order valence-corrected chi connectivity index (χ0v) is 15.0. The van der Waals surface area contributed by atoms with E-state index in [9.17, 15) is 14.0 Å². The molecule has 1 aliphatic heterocycles. The zero-order valence-electron chi connectivity index (χ0n) is 15.0. The second-order valence-corrected chi connectivity index (χ2v) is 6.31. The summed E-state index contributed by atoms with van der Waals surface area (Å²) < 4.78 is 18.1. The number of carbonyl (C=O) groups is 2. The van der Waals surface area contributed by atoms with E-state index in [-0.39, 0.29) is 23.7 Å². The van der Waals surface area contributed by atoms with Crippen LogP contribution in [-0.2, 0) is 9.53 Å². The molecular weight excluding hydrogens is 323 g/mol. The van der Waals surface area contributed by atoms with Gasteiger partial charge in [-0.05, 0) is 37.0 Å². The quantitative estimate of drug-likeness (QED) is 0.790. The monoisotopic (exact) mass is 350 g/mol. The fourth-order valence-corrected chi connectivity index (χ4v) is 3.16. The molecule has 0 N–H and O–H groups in total. The van der Waals surface area contributed by atoms with Gasteiger partial charge in [0, 0.05) is 32.6 Å². The van der Waals surface area contributed by atoms with E-state index in [1.807, 2.05) is 4.90 Å². The summed E-state index contributed by atoms with van der Waals surface area (Å²) in [6.07, 6.45) is 1.95. The first-order valence-corrected chi connectivity index (χ1v) is 9.00. The second-order valence-electron chi connectivity index (χ2n) is 6.31. The maximum atomic E-state index is 13.1. The number of hydrogen-bond donors (Lipinski definition) is 0. The van der Waals surface area contributed by atoms with Crippen LogP contribution in [0.15, 0.2) is 24.3 Å². The minimum Gasteiger partial charge on any atom is -0.450 e. The van der Waals surface area contributed by atoms with Gasteiger partial charge in [-0.3, -0.25) is 4.79 Å². The van der Waals surface area contributed by atoms with Crippen LogP contribution < -0.4 is 0 Å². The molecule has 138 valence electrons. The predicted octanol–water partition coefficient (Wildman–Crippen LogP) is 3.40. The fourth-order valence-electron chi connectivity index (χ4n) is 3.16. The van der Waals surface area contributed by atoms with E-state index in [1.165, 1.54) is 12.1 Å². The van der Waals surface area contributed by atoms with Crippen molar-refractivity contribution in [1.82, 2.24) is 9.80 Å². The van der Waals surface area contributed by atoms with Crippen LogP contribution in [0.25, 0.3) is 0 Å². The number of hydrogen-bond acceptors (Lipinski definition) is 3. The van der Waals surface area contributed by atoms with Crippen LogP contribution in [0.4, 0.5) is 9.18 Å². The molecule has 0 saturated carbocycles. The molecule has 1 unspecified atom stereocenters. The number of ether oxygens (including phenoxy) is 1. The molecule has 1 saturated heterocycles. The van der Waals surface area contributed by atoms with E-state index in [0.717, 1.165) is 18.4 Å². The van der Waals surface area contributed by atoms with Crippen LogP contribution in [-0.4, -0.2) is 54.6 Å². The van der Waals surface area contributed by atoms with Crippen LogP contribution in [0, 0.1) is 5.82 Å². The molecule has 0 aliphatic carbocycles. The smallest absolute Gasteiger partial charge is 0.409 e. The molecule has 25 heavy (non-hydrogen) atoms. The maximum Gasteiger partial charge on any atom is 0.409 e. The third-order valence-corrected chi connectivity index (χ3v) is 4.56. The molecular formula is C19H27FN2O3. The lowest BCUT2D eigenvalue weighted by atomic mass is 9.91. The Morgan fingerprint density at radius 3 is 2.24 bits per heavy atom. The van der Waals surface area contributed by atoms with Gasteiger partial charge >= 0.3 is 6.09 Å². The number of halogens is 1. The minimum atomic E-state index is -0.315. The number of piperazine rings is 1. The molecule has 0 radical (unpaired) electrons. The summed E-state index contributed by atoms with van der Waals surface area (Å²) >= 11 is 0. The fraction of sp³-hybridized carbons (Fsp3) is 0.579. The van der Waals surface area contributed by atoms with E-state index < -0.39 is 0 Å². The summed E-state index contributed by atoms with van der Waals surface area (Å²) in [7, 11) is 0. The van der Waals surface area contributed by atoms with E-state index in [0.29, 0.717) is 39.2 Å². The third kappa shape index (κ3) is 5.44. The largest absolute Gasteiger partial charge is 0.450 e. The molecule has 6 heteroatoms. The Hall–Kier alpha value is -2.11. The van der Waals surface area contributed by atoms with Gasteiger partial charge in [0.15, 0.2) is 0 Å². The lowest BCUT2D eigenvalue weighted by Gasteiger charge is -2.34. The van der Waals surface area contributed by atoms with Gasteiger partial charge in [0.05, 0.1) is 6.61 Å². The molecule has 0 aromatic heterocycles. The molecule has 0 spiro atoms. The number of benzene rings is 1. The van der Waals surface area contributed by atoms with Gasteiger partial charge in [0.2, 0.25) is 5.91 Å². The molecule has 1 atom stereocenters. The van der Waals surface area contributed by atoms with Gasteiger partial charge in [-0.2, -0.15) is 0 Å². The maximum absolute atomic E-state index is 13.1. The van der Waals surface area contributed by atoms with E-state index in [4.69, 9.17) is 4.74 Å². The lowest BCUT2D eigenvalue weighted by molar-refractivity contribution is -0.133. The summed E-state index contributed by atoms with van der Waals surface area (Å²) in [5.74, 6) is -0.0760. The molecule has 1 aromatic carbocycles. The van der Waals surface area contributed by atoms with Crippen LogP contribution in [0.2, 0.25) is 0 Å². The molecule has 0 bridgehead atoms. The van der Waals surface area contributed by atoms with Crippen molar-refractivity contribution in [2.45, 2.75) is 39.0 Å². The van der Waals surface area contributed by atoms with Crippen molar-refractivity contribution in [2.24, 2.45) is 0 Å². The first-order chi connectivity index (χ1) is 12.0. The van der Waals surface area contributed by atoms with Gasteiger partial charge in [-0.15, -0.1) is 0 Å². The second kappa shape index (κ2) is 9.39. The Morgan fingerprint density at radius 2 is 1.68 bits per heavy atom. The van der Waals surface area contributed by atoms with E-state index in [1.54, 1.807) is 24.0 Å². The van der Waals surface area contributed by atoms with E-state index in [2.05, 4.69) is 6.92 Å². The summed E-state index contributed by atoms with van der Waals surface area (Å²) in [6, 6.07) is 6.42. The number of nitrogens with zero attached hydrogens (tertiary/aromatic N) is 2. The highest BCUT2D eigenvalue weighted by Gasteiger charge is 2.26. The van der Waals surface area contributed by atoms with Gasteiger partial charge in [-0.1, -0.05) is 25.5 Å². The normalized spacial score (nSPS) is 15.8. The number of amides is 2. The summed E-state index contributed by atoms with van der Waals surface area (Å²) in [5.41, 5.74) is 1.00. The van der Waals surface area contributed by atoms with Crippen molar-refractivity contribution >= 4 is 12.0 Å². The predicted molar refractivity (Wildman–Crippen MR) is 93.8 cm³/mol. The highest BCUT2D eigenvalue weighted by atomic mass is 19.1. The molecule has 1 fully saturated rings. The van der Waals surface area contributed by atoms with Crippen molar-refractivity contribution in [1.29, 1.82) is 0 Å². The van der Waals surface area contributed by atoms with Gasteiger partial charge in [0.1, 0.15) is 5.82 Å². The van der Waals surface area contributed by atoms with Crippen LogP contribution in [0.1, 0.15) is 44.6 Å². The molecule has 5 nitrogen and oxygen atoms in total. The highest BCUT2D eigenvalue weighted by molar-refractivity contribution is 5.77. The number of carbonyl (C=O) groups excluding carboxylic acids is 2. The van der Waals surface area contributed by atoms with Gasteiger partial charge < -0.3 is 14.5 Å². The van der Waals surface area contributed by atoms with Crippen molar-refractivity contribution in [3.05, 3.63) is 35.6 Å². The van der Waals surface area contributed by atoms with Crippen molar-refractivity contribution in [2.75, 3.05) is 32.8 Å². The number of rotatable bonds is 6. The van der Waals surface area contributed by atoms with E-state index >= 15 is 0 Å². The Labute approximate surface area is 148 Å².